The number of urea groups is 1. The van der Waals surface area contributed by atoms with Crippen molar-refractivity contribution in [1.29, 1.82) is 0 Å². The third-order valence-corrected chi connectivity index (χ3v) is 4.89. The van der Waals surface area contributed by atoms with Crippen molar-refractivity contribution in [2.75, 3.05) is 11.9 Å². The van der Waals surface area contributed by atoms with Crippen molar-refractivity contribution < 1.29 is 23.9 Å². The number of rotatable bonds is 7. The fourth-order valence-electron chi connectivity index (χ4n) is 3.14. The Balaban J connectivity index is 1.52. The molecule has 162 valence electrons. The quantitative estimate of drug-likeness (QED) is 0.468. The molecule has 3 rings (SSSR count). The lowest BCUT2D eigenvalue weighted by Gasteiger charge is -2.10. The number of nitrogens with one attached hydrogen (secondary N) is 3. The minimum absolute atomic E-state index is 0.0409. The lowest BCUT2D eigenvalue weighted by Crippen LogP contribution is -2.39. The van der Waals surface area contributed by atoms with Gasteiger partial charge in [0.25, 0.3) is 0 Å². The van der Waals surface area contributed by atoms with E-state index < -0.39 is 12.6 Å². The van der Waals surface area contributed by atoms with Crippen molar-refractivity contribution in [3.05, 3.63) is 64.7 Å². The van der Waals surface area contributed by atoms with Crippen molar-refractivity contribution in [1.82, 2.24) is 10.6 Å². The van der Waals surface area contributed by atoms with Gasteiger partial charge in [0.15, 0.2) is 12.4 Å². The molecule has 1 aliphatic rings. The maximum Gasteiger partial charge on any atom is 0.338 e. The summed E-state index contributed by atoms with van der Waals surface area (Å²) in [6.45, 7) is 5.43. The molecule has 31 heavy (non-hydrogen) atoms. The molecule has 2 aromatic rings. The van der Waals surface area contributed by atoms with Crippen LogP contribution in [0.4, 0.5) is 10.5 Å². The van der Waals surface area contributed by atoms with Gasteiger partial charge in [0.05, 0.1) is 11.5 Å². The normalized spacial score (nSPS) is 14.6. The first kappa shape index (κ1) is 22.0. The summed E-state index contributed by atoms with van der Waals surface area (Å²) >= 11 is 0. The molecule has 0 saturated heterocycles. The summed E-state index contributed by atoms with van der Waals surface area (Å²) in [5.41, 5.74) is 2.97. The average molecular weight is 423 g/mol. The third-order valence-electron chi connectivity index (χ3n) is 4.89. The molecule has 8 heteroatoms. The van der Waals surface area contributed by atoms with Crippen LogP contribution in [0.3, 0.4) is 0 Å². The van der Waals surface area contributed by atoms with Crippen LogP contribution >= 0.6 is 0 Å². The van der Waals surface area contributed by atoms with E-state index in [-0.39, 0.29) is 29.7 Å². The van der Waals surface area contributed by atoms with Crippen molar-refractivity contribution in [3.8, 4) is 0 Å². The lowest BCUT2D eigenvalue weighted by atomic mass is 9.99. The van der Waals surface area contributed by atoms with E-state index in [1.54, 1.807) is 49.4 Å². The van der Waals surface area contributed by atoms with E-state index in [1.807, 2.05) is 13.8 Å². The van der Waals surface area contributed by atoms with Crippen LogP contribution in [0.15, 0.2) is 42.5 Å². The van der Waals surface area contributed by atoms with Gasteiger partial charge in [-0.15, -0.1) is 0 Å². The molecule has 0 bridgehead atoms. The molecular weight excluding hydrogens is 398 g/mol. The predicted octanol–water partition coefficient (Wildman–Crippen LogP) is 2.99. The average Bonchev–Trinajstić information content (AvgIpc) is 3.03. The number of fused-ring (bicyclic) bond motifs is 1. The molecule has 2 aromatic carbocycles. The SMILES string of the molecule is CC(C)NC(=O)NCc1ccc(C(=O)OCC(=O)c2ccc3c(c2)[C@H](C)C(=O)N3)cc1. The summed E-state index contributed by atoms with van der Waals surface area (Å²) in [6, 6.07) is 11.3. The first-order chi connectivity index (χ1) is 14.7. The standard InChI is InChI=1S/C23H25N3O5/c1-13(2)25-23(30)24-11-15-4-6-16(7-5-15)22(29)31-12-20(27)17-8-9-19-18(10-17)14(3)21(28)26-19/h4-10,13-14H,11-12H2,1-3H3,(H,26,28)(H2,24,25,30)/t14-/m0/s1. The van der Waals surface area contributed by atoms with Crippen LogP contribution in [0.1, 0.15) is 58.5 Å². The summed E-state index contributed by atoms with van der Waals surface area (Å²) < 4.78 is 5.14. The van der Waals surface area contributed by atoms with E-state index >= 15 is 0 Å². The van der Waals surface area contributed by atoms with E-state index in [0.29, 0.717) is 23.4 Å². The second-order valence-corrected chi connectivity index (χ2v) is 7.69. The largest absolute Gasteiger partial charge is 0.454 e. The van der Waals surface area contributed by atoms with Gasteiger partial charge in [-0.3, -0.25) is 9.59 Å². The van der Waals surface area contributed by atoms with E-state index in [4.69, 9.17) is 4.74 Å². The maximum atomic E-state index is 12.4. The van der Waals surface area contributed by atoms with Gasteiger partial charge >= 0.3 is 12.0 Å². The number of amides is 3. The number of carbonyl (C=O) groups excluding carboxylic acids is 4. The molecule has 0 aromatic heterocycles. The number of ether oxygens (including phenoxy) is 1. The van der Waals surface area contributed by atoms with Gasteiger partial charge in [0.2, 0.25) is 5.91 Å². The number of esters is 1. The number of benzene rings is 2. The zero-order valence-electron chi connectivity index (χ0n) is 17.7. The molecule has 0 unspecified atom stereocenters. The zero-order valence-corrected chi connectivity index (χ0v) is 17.7. The topological polar surface area (TPSA) is 114 Å². The predicted molar refractivity (Wildman–Crippen MR) is 115 cm³/mol. The maximum absolute atomic E-state index is 12.4. The van der Waals surface area contributed by atoms with Crippen LogP contribution in [-0.4, -0.2) is 36.3 Å². The molecule has 8 nitrogen and oxygen atoms in total. The molecule has 3 N–H and O–H groups in total. The minimum Gasteiger partial charge on any atom is -0.454 e. The Hall–Kier alpha value is -3.68. The molecule has 1 aliphatic heterocycles. The molecule has 0 saturated carbocycles. The van der Waals surface area contributed by atoms with Crippen molar-refractivity contribution >= 4 is 29.4 Å². The molecule has 1 atom stereocenters. The summed E-state index contributed by atoms with van der Waals surface area (Å²) in [6.07, 6.45) is 0. The monoisotopic (exact) mass is 423 g/mol. The Morgan fingerprint density at radius 1 is 1.06 bits per heavy atom. The van der Waals surface area contributed by atoms with Crippen molar-refractivity contribution in [2.24, 2.45) is 0 Å². The molecule has 0 fully saturated rings. The fraction of sp³-hybridized carbons (Fsp3) is 0.304. The number of hydrogen-bond donors (Lipinski definition) is 3. The molecular formula is C23H25N3O5. The van der Waals surface area contributed by atoms with Gasteiger partial charge in [-0.25, -0.2) is 9.59 Å². The van der Waals surface area contributed by atoms with Gasteiger partial charge in [-0.1, -0.05) is 12.1 Å². The highest BCUT2D eigenvalue weighted by molar-refractivity contribution is 6.05. The van der Waals surface area contributed by atoms with Crippen LogP contribution in [0.2, 0.25) is 0 Å². The Labute approximate surface area is 180 Å². The van der Waals surface area contributed by atoms with Gasteiger partial charge in [0, 0.05) is 23.8 Å². The summed E-state index contributed by atoms with van der Waals surface area (Å²) in [5.74, 6) is -1.39. The van der Waals surface area contributed by atoms with Gasteiger partial charge in [0.1, 0.15) is 0 Å². The second kappa shape index (κ2) is 9.42. The van der Waals surface area contributed by atoms with Gasteiger partial charge < -0.3 is 20.7 Å². The van der Waals surface area contributed by atoms with Crippen LogP contribution in [0.25, 0.3) is 0 Å². The Bertz CT molecular complexity index is 1010. The molecule has 1 heterocycles. The highest BCUT2D eigenvalue weighted by Crippen LogP contribution is 2.32. The van der Waals surface area contributed by atoms with E-state index in [0.717, 1.165) is 11.1 Å². The number of hydrogen-bond acceptors (Lipinski definition) is 5. The molecule has 0 spiro atoms. The number of anilines is 1. The van der Waals surface area contributed by atoms with E-state index in [9.17, 15) is 19.2 Å². The minimum atomic E-state index is -0.614. The highest BCUT2D eigenvalue weighted by Gasteiger charge is 2.27. The van der Waals surface area contributed by atoms with Crippen molar-refractivity contribution in [3.63, 3.8) is 0 Å². The van der Waals surface area contributed by atoms with Crippen LogP contribution < -0.4 is 16.0 Å². The zero-order chi connectivity index (χ0) is 22.5. The molecule has 0 radical (unpaired) electrons. The fourth-order valence-corrected chi connectivity index (χ4v) is 3.14. The number of ketones is 1. The molecule has 3 amide bonds. The number of carbonyl (C=O) groups is 4. The molecule has 0 aliphatic carbocycles. The Morgan fingerprint density at radius 2 is 1.74 bits per heavy atom. The summed E-state index contributed by atoms with van der Waals surface area (Å²) in [4.78, 5) is 48.0. The first-order valence-electron chi connectivity index (χ1n) is 10.0. The van der Waals surface area contributed by atoms with Gasteiger partial charge in [-0.2, -0.15) is 0 Å². The van der Waals surface area contributed by atoms with E-state index in [1.165, 1.54) is 0 Å². The van der Waals surface area contributed by atoms with Crippen molar-refractivity contribution in [2.45, 2.75) is 39.3 Å². The third kappa shape index (κ3) is 5.48. The first-order valence-corrected chi connectivity index (χ1v) is 10.0. The van der Waals surface area contributed by atoms with Crippen LogP contribution in [0.5, 0.6) is 0 Å². The summed E-state index contributed by atoms with van der Waals surface area (Å²) in [7, 11) is 0. The lowest BCUT2D eigenvalue weighted by molar-refractivity contribution is -0.116. The summed E-state index contributed by atoms with van der Waals surface area (Å²) in [5, 5.41) is 8.20. The van der Waals surface area contributed by atoms with Crippen LogP contribution in [-0.2, 0) is 16.1 Å². The van der Waals surface area contributed by atoms with Gasteiger partial charge in [-0.05, 0) is 62.2 Å². The Morgan fingerprint density at radius 3 is 2.42 bits per heavy atom. The second-order valence-electron chi connectivity index (χ2n) is 7.69. The van der Waals surface area contributed by atoms with E-state index in [2.05, 4.69) is 16.0 Å². The smallest absolute Gasteiger partial charge is 0.338 e. The number of Topliss-reactive ketones (excluding diaryl/α,β-unsaturated/α-hetero) is 1. The Kier molecular flexibility index (Phi) is 6.69. The highest BCUT2D eigenvalue weighted by atomic mass is 16.5. The van der Waals surface area contributed by atoms with Crippen LogP contribution in [0, 0.1) is 0 Å².